The van der Waals surface area contributed by atoms with Crippen molar-refractivity contribution in [2.75, 3.05) is 0 Å². The molecular weight excluding hydrogens is 713 g/mol. The van der Waals surface area contributed by atoms with Crippen LogP contribution in [0.15, 0.2) is 139 Å². The first-order valence-electron chi connectivity index (χ1n) is 20.8. The molecule has 9 rings (SSSR count). The molecule has 4 aromatic heterocycles. The topological polar surface area (TPSA) is 52.6 Å². The Kier molecular flexibility index (Phi) is 8.21. The normalized spacial score (nSPS) is 18.8. The number of rotatable bonds is 0. The first-order valence-corrected chi connectivity index (χ1v) is 20.8. The molecule has 0 N–H and O–H groups in total. The molecule has 8 aromatic rings. The Morgan fingerprint density at radius 3 is 0.586 bits per heavy atom. The minimum atomic E-state index is -0.516. The SMILES string of the molecule is CC1(C)c2ccc(o2)C(C)(C)c2ccc(c3ccccc23)C(C)(C)c2ccc(o2)C(C)(C)c2ccc(o2)C(C)(C)c2ccc(c3ccccc23)C(C)(C)c2ccc1o2. The summed E-state index contributed by atoms with van der Waals surface area (Å²) in [7, 11) is 0. The van der Waals surface area contributed by atoms with E-state index in [0.717, 1.165) is 46.1 Å². The van der Waals surface area contributed by atoms with Gasteiger partial charge in [-0.05, 0) is 175 Å². The van der Waals surface area contributed by atoms with Crippen LogP contribution in [0.4, 0.5) is 0 Å². The van der Waals surface area contributed by atoms with Gasteiger partial charge in [-0.15, -0.1) is 0 Å². The van der Waals surface area contributed by atoms with Gasteiger partial charge >= 0.3 is 0 Å². The van der Waals surface area contributed by atoms with Gasteiger partial charge in [-0.25, -0.2) is 0 Å². The van der Waals surface area contributed by atoms with Gasteiger partial charge in [0.2, 0.25) is 0 Å². The van der Waals surface area contributed by atoms with Gasteiger partial charge in [-0.3, -0.25) is 0 Å². The molecule has 296 valence electrons. The van der Waals surface area contributed by atoms with Crippen LogP contribution in [0.1, 0.15) is 151 Å². The van der Waals surface area contributed by atoms with E-state index < -0.39 is 32.5 Å². The molecular formula is C54H56O4. The van der Waals surface area contributed by atoms with Gasteiger partial charge < -0.3 is 17.7 Å². The van der Waals surface area contributed by atoms with Crippen LogP contribution in [0.3, 0.4) is 0 Å². The molecule has 4 aromatic carbocycles. The largest absolute Gasteiger partial charge is 0.464 e. The van der Waals surface area contributed by atoms with Crippen molar-refractivity contribution < 1.29 is 17.7 Å². The van der Waals surface area contributed by atoms with Crippen LogP contribution in [-0.4, -0.2) is 0 Å². The van der Waals surface area contributed by atoms with E-state index in [4.69, 9.17) is 17.7 Å². The van der Waals surface area contributed by atoms with E-state index in [9.17, 15) is 0 Å². The second-order valence-corrected chi connectivity index (χ2v) is 19.8. The molecule has 4 nitrogen and oxygen atoms in total. The highest BCUT2D eigenvalue weighted by Crippen LogP contribution is 2.48. The van der Waals surface area contributed by atoms with Crippen molar-refractivity contribution >= 4 is 21.5 Å². The molecule has 0 spiro atoms. The Balaban J connectivity index is 1.26. The van der Waals surface area contributed by atoms with Crippen LogP contribution in [0.2, 0.25) is 0 Å². The second kappa shape index (κ2) is 12.5. The lowest BCUT2D eigenvalue weighted by atomic mass is 9.74. The lowest BCUT2D eigenvalue weighted by Crippen LogP contribution is -2.23. The van der Waals surface area contributed by atoms with Crippen molar-refractivity contribution in [1.82, 2.24) is 0 Å². The fourth-order valence-electron chi connectivity index (χ4n) is 9.59. The van der Waals surface area contributed by atoms with Crippen molar-refractivity contribution in [1.29, 1.82) is 0 Å². The van der Waals surface area contributed by atoms with Crippen molar-refractivity contribution in [2.45, 2.75) is 116 Å². The first kappa shape index (κ1) is 38.1. The number of fused-ring (bicyclic) bond motifs is 20. The summed E-state index contributed by atoms with van der Waals surface area (Å²) >= 11 is 0. The average molecular weight is 769 g/mol. The van der Waals surface area contributed by atoms with E-state index in [1.54, 1.807) is 0 Å². The summed E-state index contributed by atoms with van der Waals surface area (Å²) in [5.74, 6) is 7.12. The van der Waals surface area contributed by atoms with Crippen molar-refractivity contribution in [3.63, 3.8) is 0 Å². The van der Waals surface area contributed by atoms with Crippen molar-refractivity contribution in [3.8, 4) is 0 Å². The third kappa shape index (κ3) is 5.47. The van der Waals surface area contributed by atoms with Gasteiger partial charge in [-0.1, -0.05) is 72.8 Å². The third-order valence-electron chi connectivity index (χ3n) is 13.9. The van der Waals surface area contributed by atoms with Crippen LogP contribution in [0.25, 0.3) is 21.5 Å². The highest BCUT2D eigenvalue weighted by molar-refractivity contribution is 5.92. The van der Waals surface area contributed by atoms with E-state index in [0.29, 0.717) is 0 Å². The Morgan fingerprint density at radius 2 is 0.397 bits per heavy atom. The Hall–Kier alpha value is -5.48. The standard InChI is InChI=1S/C54H56O4/c1-49(2)37-21-22-38(34-18-14-13-17-33(34)37)50(3,4)42-27-31-47(57-42)54(11,12)48-32-28-44(58-48)52(7,8)40-24-23-39(35-19-15-16-20-36(35)40)51(5,6)43-26-30-46(56-43)53(9,10)45-29-25-41(49)55-45/h13-32H,1-12H3. The molecule has 12 bridgehead atoms. The average Bonchev–Trinajstić information content (AvgIpc) is 4.03. The van der Waals surface area contributed by atoms with E-state index in [2.05, 4.69) is 204 Å². The third-order valence-corrected chi connectivity index (χ3v) is 13.9. The monoisotopic (exact) mass is 768 g/mol. The van der Waals surface area contributed by atoms with Gasteiger partial charge in [0, 0.05) is 21.7 Å². The molecule has 0 aliphatic carbocycles. The molecule has 4 heteroatoms. The molecule has 5 heterocycles. The zero-order valence-corrected chi connectivity index (χ0v) is 36.2. The van der Waals surface area contributed by atoms with E-state index in [1.165, 1.54) is 43.8 Å². The minimum Gasteiger partial charge on any atom is -0.464 e. The molecule has 0 amide bonds. The molecule has 0 atom stereocenters. The highest BCUT2D eigenvalue weighted by Gasteiger charge is 2.40. The zero-order chi connectivity index (χ0) is 41.2. The van der Waals surface area contributed by atoms with E-state index in [1.807, 2.05) is 0 Å². The van der Waals surface area contributed by atoms with Crippen LogP contribution in [0, 0.1) is 0 Å². The Morgan fingerprint density at radius 1 is 0.224 bits per heavy atom. The van der Waals surface area contributed by atoms with Crippen LogP contribution in [-0.2, 0) is 32.5 Å². The van der Waals surface area contributed by atoms with Crippen LogP contribution >= 0.6 is 0 Å². The molecule has 1 aliphatic heterocycles. The lowest BCUT2D eigenvalue weighted by molar-refractivity contribution is 0.314. The number of hydrogen-bond acceptors (Lipinski definition) is 4. The lowest BCUT2D eigenvalue weighted by Gasteiger charge is -2.30. The van der Waals surface area contributed by atoms with E-state index in [-0.39, 0.29) is 0 Å². The Labute approximate surface area is 343 Å². The zero-order valence-electron chi connectivity index (χ0n) is 36.2. The Bertz CT molecular complexity index is 2470. The summed E-state index contributed by atoms with van der Waals surface area (Å²) in [5.41, 5.74) is 2.10. The summed E-state index contributed by atoms with van der Waals surface area (Å²) in [5, 5.41) is 4.81. The predicted octanol–water partition coefficient (Wildman–Crippen LogP) is 14.6. The number of hydrogen-bond donors (Lipinski definition) is 0. The van der Waals surface area contributed by atoms with Gasteiger partial charge in [0.1, 0.15) is 46.1 Å². The molecule has 0 radical (unpaired) electrons. The minimum absolute atomic E-state index is 0.427. The van der Waals surface area contributed by atoms with Gasteiger partial charge in [0.05, 0.1) is 10.8 Å². The fraction of sp³-hybridized carbons (Fsp3) is 0.333. The molecule has 58 heavy (non-hydrogen) atoms. The summed E-state index contributed by atoms with van der Waals surface area (Å²) in [4.78, 5) is 0. The van der Waals surface area contributed by atoms with Crippen molar-refractivity contribution in [3.05, 3.63) is 190 Å². The second-order valence-electron chi connectivity index (χ2n) is 19.8. The quantitative estimate of drug-likeness (QED) is 0.154. The van der Waals surface area contributed by atoms with Gasteiger partial charge in [0.25, 0.3) is 0 Å². The first-order chi connectivity index (χ1) is 27.3. The molecule has 0 saturated carbocycles. The van der Waals surface area contributed by atoms with Crippen LogP contribution in [0.5, 0.6) is 0 Å². The van der Waals surface area contributed by atoms with Gasteiger partial charge in [0.15, 0.2) is 0 Å². The van der Waals surface area contributed by atoms with Crippen LogP contribution < -0.4 is 0 Å². The maximum absolute atomic E-state index is 6.90. The number of benzene rings is 4. The smallest absolute Gasteiger partial charge is 0.117 e. The summed E-state index contributed by atoms with van der Waals surface area (Å²) in [6, 6.07) is 43.7. The summed E-state index contributed by atoms with van der Waals surface area (Å²) in [6.45, 7) is 26.8. The molecule has 0 fully saturated rings. The summed E-state index contributed by atoms with van der Waals surface area (Å²) < 4.78 is 27.6. The fourth-order valence-corrected chi connectivity index (χ4v) is 9.59. The van der Waals surface area contributed by atoms with Crippen molar-refractivity contribution in [2.24, 2.45) is 0 Å². The summed E-state index contributed by atoms with van der Waals surface area (Å²) in [6.07, 6.45) is 0. The highest BCUT2D eigenvalue weighted by atomic mass is 16.4. The van der Waals surface area contributed by atoms with Gasteiger partial charge in [-0.2, -0.15) is 0 Å². The van der Waals surface area contributed by atoms with E-state index >= 15 is 0 Å². The predicted molar refractivity (Wildman–Crippen MR) is 235 cm³/mol. The number of furan rings is 4. The molecule has 1 aliphatic rings. The molecule has 0 saturated heterocycles. The maximum atomic E-state index is 6.90. The maximum Gasteiger partial charge on any atom is 0.117 e. The molecule has 0 unspecified atom stereocenters.